The summed E-state index contributed by atoms with van der Waals surface area (Å²) < 4.78 is 55.4. The van der Waals surface area contributed by atoms with Crippen LogP contribution < -0.4 is 11.1 Å². The van der Waals surface area contributed by atoms with Gasteiger partial charge in [0, 0.05) is 17.8 Å². The molecule has 28 heavy (non-hydrogen) atoms. The second-order valence-corrected chi connectivity index (χ2v) is 7.17. The van der Waals surface area contributed by atoms with Crippen molar-refractivity contribution in [1.29, 1.82) is 0 Å². The molecule has 4 nitrogen and oxygen atoms in total. The molecule has 1 heterocycles. The lowest BCUT2D eigenvalue weighted by molar-refractivity contribution is -0.275. The molecule has 0 aliphatic carbocycles. The fraction of sp³-hybridized carbons (Fsp3) is 0.278. The van der Waals surface area contributed by atoms with E-state index in [9.17, 15) is 17.6 Å². The first-order valence-corrected chi connectivity index (χ1v) is 8.86. The van der Waals surface area contributed by atoms with Crippen molar-refractivity contribution >= 4 is 34.7 Å². The van der Waals surface area contributed by atoms with E-state index >= 15 is 0 Å². The van der Waals surface area contributed by atoms with Gasteiger partial charge in [-0.3, -0.25) is 0 Å². The Bertz CT molecular complexity index is 926. The predicted octanol–water partition coefficient (Wildman–Crippen LogP) is 5.50. The lowest BCUT2D eigenvalue weighted by Gasteiger charge is -2.29. The van der Waals surface area contributed by atoms with Gasteiger partial charge in [0.15, 0.2) is 11.7 Å². The molecule has 10 heteroatoms. The van der Waals surface area contributed by atoms with Crippen LogP contribution in [0, 0.1) is 12.7 Å². The normalized spacial score (nSPS) is 19.4. The van der Waals surface area contributed by atoms with E-state index < -0.39 is 39.6 Å². The third kappa shape index (κ3) is 3.64. The Kier molecular flexibility index (Phi) is 5.49. The number of halogens is 6. The predicted molar refractivity (Wildman–Crippen MR) is 100.0 cm³/mol. The van der Waals surface area contributed by atoms with Crippen molar-refractivity contribution in [3.63, 3.8) is 0 Å². The molecule has 2 aromatic rings. The summed E-state index contributed by atoms with van der Waals surface area (Å²) in [6.07, 6.45) is -5.53. The number of benzene rings is 2. The van der Waals surface area contributed by atoms with Crippen LogP contribution in [0.3, 0.4) is 0 Å². The minimum absolute atomic E-state index is 0.0549. The Morgan fingerprint density at radius 3 is 2.43 bits per heavy atom. The molecule has 0 radical (unpaired) electrons. The molecular weight excluding hydrogens is 421 g/mol. The van der Waals surface area contributed by atoms with E-state index in [2.05, 4.69) is 10.5 Å². The molecule has 0 fully saturated rings. The molecule has 0 amide bonds. The van der Waals surface area contributed by atoms with Crippen molar-refractivity contribution in [2.24, 2.45) is 10.9 Å². The Hall–Kier alpha value is -2.03. The van der Waals surface area contributed by atoms with Gasteiger partial charge < -0.3 is 15.9 Å². The van der Waals surface area contributed by atoms with Gasteiger partial charge in [0.2, 0.25) is 0 Å². The minimum atomic E-state index is -4.86. The maximum absolute atomic E-state index is 13.9. The number of oxime groups is 1. The first kappa shape index (κ1) is 20.7. The molecule has 0 saturated carbocycles. The van der Waals surface area contributed by atoms with Crippen molar-refractivity contribution in [2.75, 3.05) is 5.32 Å². The highest BCUT2D eigenvalue weighted by Gasteiger charge is 2.62. The van der Waals surface area contributed by atoms with Crippen LogP contribution in [0.25, 0.3) is 0 Å². The lowest BCUT2D eigenvalue weighted by atomic mass is 9.89. The zero-order valence-electron chi connectivity index (χ0n) is 14.5. The number of hydrogen-bond acceptors (Lipinski definition) is 4. The largest absolute Gasteiger partial charge is 0.435 e. The Balaban J connectivity index is 1.93. The van der Waals surface area contributed by atoms with E-state index in [0.717, 1.165) is 23.3 Å². The Morgan fingerprint density at radius 2 is 1.86 bits per heavy atom. The summed E-state index contributed by atoms with van der Waals surface area (Å²) >= 11 is 11.4. The second-order valence-electron chi connectivity index (χ2n) is 6.36. The van der Waals surface area contributed by atoms with E-state index in [4.69, 9.17) is 33.8 Å². The van der Waals surface area contributed by atoms with Gasteiger partial charge in [-0.2, -0.15) is 13.2 Å². The van der Waals surface area contributed by atoms with Gasteiger partial charge in [0.1, 0.15) is 0 Å². The number of nitrogens with two attached hydrogens (primary N) is 1. The summed E-state index contributed by atoms with van der Waals surface area (Å²) in [5.41, 5.74) is 4.69. The van der Waals surface area contributed by atoms with Crippen LogP contribution in [0.1, 0.15) is 23.1 Å². The molecule has 1 unspecified atom stereocenters. The van der Waals surface area contributed by atoms with Crippen LogP contribution in [0.4, 0.5) is 23.2 Å². The first-order chi connectivity index (χ1) is 13.1. The van der Waals surface area contributed by atoms with Gasteiger partial charge in [-0.15, -0.1) is 0 Å². The van der Waals surface area contributed by atoms with E-state index in [-0.39, 0.29) is 12.4 Å². The van der Waals surface area contributed by atoms with E-state index in [0.29, 0.717) is 5.69 Å². The molecule has 0 aromatic heterocycles. The molecule has 0 bridgehead atoms. The molecule has 3 N–H and O–H groups in total. The van der Waals surface area contributed by atoms with Gasteiger partial charge in [-0.25, -0.2) is 4.39 Å². The number of nitrogens with one attached hydrogen (secondary N) is 1. The van der Waals surface area contributed by atoms with Gasteiger partial charge in [0.05, 0.1) is 16.5 Å². The van der Waals surface area contributed by atoms with Crippen LogP contribution in [-0.4, -0.2) is 12.0 Å². The highest BCUT2D eigenvalue weighted by Crippen LogP contribution is 2.49. The molecule has 1 atom stereocenters. The summed E-state index contributed by atoms with van der Waals surface area (Å²) in [4.78, 5) is 4.84. The van der Waals surface area contributed by atoms with Crippen molar-refractivity contribution < 1.29 is 22.4 Å². The van der Waals surface area contributed by atoms with Crippen LogP contribution in [0.5, 0.6) is 0 Å². The van der Waals surface area contributed by atoms with Gasteiger partial charge in [0.25, 0.3) is 5.60 Å². The number of alkyl halides is 3. The fourth-order valence-corrected chi connectivity index (χ4v) is 3.38. The van der Waals surface area contributed by atoms with Crippen molar-refractivity contribution in [3.05, 3.63) is 62.9 Å². The van der Waals surface area contributed by atoms with Crippen LogP contribution >= 0.6 is 23.2 Å². The smallest absolute Gasteiger partial charge is 0.372 e. The summed E-state index contributed by atoms with van der Waals surface area (Å²) in [6.45, 7) is 2.16. The zero-order chi connectivity index (χ0) is 20.7. The number of rotatable bonds is 3. The number of aryl methyl sites for hydroxylation is 1. The summed E-state index contributed by atoms with van der Waals surface area (Å²) in [5.74, 6) is -1.06. The summed E-state index contributed by atoms with van der Waals surface area (Å²) in [7, 11) is 0. The average Bonchev–Trinajstić information content (AvgIpc) is 3.06. The number of nitrogens with zero attached hydrogens (tertiary/aromatic N) is 1. The van der Waals surface area contributed by atoms with Crippen LogP contribution in [0.15, 0.2) is 35.5 Å². The third-order valence-electron chi connectivity index (χ3n) is 4.49. The molecular formula is C18H15Cl2F4N3O. The van der Waals surface area contributed by atoms with Crippen molar-refractivity contribution in [1.82, 2.24) is 0 Å². The van der Waals surface area contributed by atoms with Crippen LogP contribution in [0.2, 0.25) is 10.0 Å². The molecule has 0 saturated heterocycles. The van der Waals surface area contributed by atoms with Gasteiger partial charge >= 0.3 is 6.18 Å². The highest BCUT2D eigenvalue weighted by atomic mass is 35.5. The fourth-order valence-electron chi connectivity index (χ4n) is 2.90. The molecule has 3 rings (SSSR count). The first-order valence-electron chi connectivity index (χ1n) is 8.11. The topological polar surface area (TPSA) is 59.6 Å². The number of anilines is 1. The van der Waals surface area contributed by atoms with Crippen LogP contribution in [-0.2, 0) is 17.0 Å². The average molecular weight is 436 g/mol. The minimum Gasteiger partial charge on any atom is -0.372 e. The molecule has 150 valence electrons. The van der Waals surface area contributed by atoms with Crippen molar-refractivity contribution in [3.8, 4) is 0 Å². The lowest BCUT2D eigenvalue weighted by Crippen LogP contribution is -2.43. The quantitative estimate of drug-likeness (QED) is 0.493. The Labute approximate surface area is 168 Å². The maximum Gasteiger partial charge on any atom is 0.435 e. The SMILES string of the molecule is Cc1ccc(NC2=NOC(c3cc(Cl)c(F)c(Cl)c3)(C(F)(F)F)C2)cc1CN. The van der Waals surface area contributed by atoms with Gasteiger partial charge in [-0.05, 0) is 42.3 Å². The maximum atomic E-state index is 13.9. The van der Waals surface area contributed by atoms with E-state index in [1.54, 1.807) is 18.2 Å². The van der Waals surface area contributed by atoms with Gasteiger partial charge in [-0.1, -0.05) is 34.4 Å². The monoisotopic (exact) mass is 435 g/mol. The summed E-state index contributed by atoms with van der Waals surface area (Å²) in [6, 6.07) is 6.88. The molecule has 0 spiro atoms. The molecule has 1 aliphatic rings. The van der Waals surface area contributed by atoms with Crippen molar-refractivity contribution in [2.45, 2.75) is 31.7 Å². The van der Waals surface area contributed by atoms with E-state index in [1.165, 1.54) is 0 Å². The number of hydrogen-bond donors (Lipinski definition) is 2. The molecule has 1 aliphatic heterocycles. The van der Waals surface area contributed by atoms with E-state index in [1.807, 2.05) is 6.92 Å². The standard InChI is InChI=1S/C18H15Cl2F4N3O/c1-9-2-3-12(4-10(9)8-25)26-15-7-17(28-27-15,18(22,23)24)11-5-13(19)16(21)14(20)6-11/h2-6H,7-8,25H2,1H3,(H,26,27). The second kappa shape index (κ2) is 7.42. The third-order valence-corrected chi connectivity index (χ3v) is 5.04. The Morgan fingerprint density at radius 1 is 1.21 bits per heavy atom. The zero-order valence-corrected chi connectivity index (χ0v) is 16.0. The highest BCUT2D eigenvalue weighted by molar-refractivity contribution is 6.35. The number of amidine groups is 1. The summed E-state index contributed by atoms with van der Waals surface area (Å²) in [5, 5.41) is 5.29. The molecule has 2 aromatic carbocycles.